The summed E-state index contributed by atoms with van der Waals surface area (Å²) in [4.78, 5) is 0. The average molecular weight is 288 g/mol. The Hall–Kier alpha value is -1.38. The van der Waals surface area contributed by atoms with Gasteiger partial charge in [-0.25, -0.2) is 0 Å². The van der Waals surface area contributed by atoms with E-state index in [1.54, 1.807) is 0 Å². The van der Waals surface area contributed by atoms with E-state index in [2.05, 4.69) is 5.92 Å². The SMILES string of the molecule is C#C[C@@H](OCc1ccccc1)[C@H]1C[C@H]2OC(C)(C)O[C@H]2O1. The second-order valence-corrected chi connectivity index (χ2v) is 5.84. The number of fused-ring (bicyclic) bond motifs is 1. The first-order chi connectivity index (χ1) is 10.1. The lowest BCUT2D eigenvalue weighted by atomic mass is 10.1. The van der Waals surface area contributed by atoms with Crippen molar-refractivity contribution >= 4 is 0 Å². The van der Waals surface area contributed by atoms with Crippen LogP contribution < -0.4 is 0 Å². The molecule has 3 rings (SSSR count). The highest BCUT2D eigenvalue weighted by Crippen LogP contribution is 2.38. The Morgan fingerprint density at radius 2 is 2.10 bits per heavy atom. The van der Waals surface area contributed by atoms with Crippen molar-refractivity contribution in [2.75, 3.05) is 0 Å². The summed E-state index contributed by atoms with van der Waals surface area (Å²) in [5, 5.41) is 0. The van der Waals surface area contributed by atoms with Crippen LogP contribution in [0.3, 0.4) is 0 Å². The second kappa shape index (κ2) is 5.78. The highest BCUT2D eigenvalue weighted by atomic mass is 16.8. The summed E-state index contributed by atoms with van der Waals surface area (Å²) in [5.41, 5.74) is 1.09. The molecule has 0 aromatic heterocycles. The second-order valence-electron chi connectivity index (χ2n) is 5.84. The first kappa shape index (κ1) is 14.6. The van der Waals surface area contributed by atoms with Gasteiger partial charge < -0.3 is 18.9 Å². The van der Waals surface area contributed by atoms with Crippen LogP contribution in [0.2, 0.25) is 0 Å². The van der Waals surface area contributed by atoms with Crippen LogP contribution in [0.25, 0.3) is 0 Å². The first-order valence-corrected chi connectivity index (χ1v) is 7.20. The van der Waals surface area contributed by atoms with Crippen molar-refractivity contribution in [1.82, 2.24) is 0 Å². The Morgan fingerprint density at radius 1 is 1.33 bits per heavy atom. The smallest absolute Gasteiger partial charge is 0.187 e. The van der Waals surface area contributed by atoms with E-state index in [0.717, 1.165) is 5.56 Å². The van der Waals surface area contributed by atoms with Gasteiger partial charge in [0.15, 0.2) is 12.1 Å². The summed E-state index contributed by atoms with van der Waals surface area (Å²) in [6, 6.07) is 9.94. The van der Waals surface area contributed by atoms with Gasteiger partial charge in [-0.2, -0.15) is 0 Å². The van der Waals surface area contributed by atoms with Gasteiger partial charge >= 0.3 is 0 Å². The van der Waals surface area contributed by atoms with Crippen LogP contribution in [0.1, 0.15) is 25.8 Å². The number of rotatable bonds is 4. The number of hydrogen-bond donors (Lipinski definition) is 0. The molecule has 2 saturated heterocycles. The van der Waals surface area contributed by atoms with Crippen molar-refractivity contribution in [2.45, 2.75) is 57.3 Å². The third-order valence-corrected chi connectivity index (χ3v) is 3.69. The van der Waals surface area contributed by atoms with Crippen molar-refractivity contribution in [3.63, 3.8) is 0 Å². The topological polar surface area (TPSA) is 36.9 Å². The Kier molecular flexibility index (Phi) is 4.01. The maximum absolute atomic E-state index is 5.85. The van der Waals surface area contributed by atoms with Crippen LogP contribution in [0.4, 0.5) is 0 Å². The minimum Gasteiger partial charge on any atom is -0.358 e. The van der Waals surface area contributed by atoms with Gasteiger partial charge in [0, 0.05) is 6.42 Å². The van der Waals surface area contributed by atoms with Gasteiger partial charge in [0.05, 0.1) is 6.61 Å². The zero-order valence-electron chi connectivity index (χ0n) is 12.3. The van der Waals surface area contributed by atoms with Crippen molar-refractivity contribution in [3.05, 3.63) is 35.9 Å². The van der Waals surface area contributed by atoms with Crippen molar-refractivity contribution < 1.29 is 18.9 Å². The molecule has 2 aliphatic rings. The molecule has 0 N–H and O–H groups in total. The minimum absolute atomic E-state index is 0.0684. The molecule has 112 valence electrons. The molecular weight excluding hydrogens is 268 g/mol. The van der Waals surface area contributed by atoms with Gasteiger partial charge in [-0.1, -0.05) is 36.3 Å². The summed E-state index contributed by atoms with van der Waals surface area (Å²) in [6.45, 7) is 4.24. The molecule has 0 bridgehead atoms. The summed E-state index contributed by atoms with van der Waals surface area (Å²) in [7, 11) is 0. The lowest BCUT2D eigenvalue weighted by molar-refractivity contribution is -0.213. The minimum atomic E-state index is -0.586. The van der Waals surface area contributed by atoms with E-state index in [1.165, 1.54) is 0 Å². The van der Waals surface area contributed by atoms with Gasteiger partial charge in [-0.05, 0) is 19.4 Å². The monoisotopic (exact) mass is 288 g/mol. The lowest BCUT2D eigenvalue weighted by Crippen LogP contribution is -2.31. The first-order valence-electron chi connectivity index (χ1n) is 7.20. The van der Waals surface area contributed by atoms with Gasteiger partial charge in [0.25, 0.3) is 0 Å². The zero-order valence-corrected chi connectivity index (χ0v) is 12.3. The molecule has 0 aliphatic carbocycles. The van der Waals surface area contributed by atoms with E-state index in [1.807, 2.05) is 44.2 Å². The van der Waals surface area contributed by atoms with E-state index in [4.69, 9.17) is 25.4 Å². The Labute approximate surface area is 125 Å². The molecule has 4 nitrogen and oxygen atoms in total. The van der Waals surface area contributed by atoms with Crippen molar-refractivity contribution in [2.24, 2.45) is 0 Å². The highest BCUT2D eigenvalue weighted by Gasteiger charge is 2.50. The zero-order chi connectivity index (χ0) is 14.9. The molecule has 1 aromatic carbocycles. The molecule has 2 aliphatic heterocycles. The Bertz CT molecular complexity index is 503. The summed E-state index contributed by atoms with van der Waals surface area (Å²) in [5.74, 6) is 2.08. The molecule has 4 atom stereocenters. The number of benzene rings is 1. The maximum Gasteiger partial charge on any atom is 0.187 e. The van der Waals surface area contributed by atoms with E-state index in [0.29, 0.717) is 13.0 Å². The predicted octanol–water partition coefficient (Wildman–Crippen LogP) is 2.47. The molecule has 1 aromatic rings. The largest absolute Gasteiger partial charge is 0.358 e. The molecule has 0 spiro atoms. The third kappa shape index (κ3) is 3.28. The molecule has 0 amide bonds. The van der Waals surface area contributed by atoms with Gasteiger partial charge in [-0.3, -0.25) is 0 Å². The number of hydrogen-bond acceptors (Lipinski definition) is 4. The summed E-state index contributed by atoms with van der Waals surface area (Å²) >= 11 is 0. The van der Waals surface area contributed by atoms with E-state index in [9.17, 15) is 0 Å². The van der Waals surface area contributed by atoms with E-state index >= 15 is 0 Å². The molecule has 0 radical (unpaired) electrons. The van der Waals surface area contributed by atoms with Crippen LogP contribution in [0.15, 0.2) is 30.3 Å². The number of terminal acetylenes is 1. The normalized spacial score (nSPS) is 31.6. The van der Waals surface area contributed by atoms with Crippen LogP contribution in [-0.2, 0) is 25.6 Å². The van der Waals surface area contributed by atoms with E-state index in [-0.39, 0.29) is 18.5 Å². The van der Waals surface area contributed by atoms with Crippen molar-refractivity contribution in [1.29, 1.82) is 0 Å². The predicted molar refractivity (Wildman–Crippen MR) is 77.2 cm³/mol. The van der Waals surface area contributed by atoms with Gasteiger partial charge in [-0.15, -0.1) is 6.42 Å². The quantitative estimate of drug-likeness (QED) is 0.798. The van der Waals surface area contributed by atoms with Crippen molar-refractivity contribution in [3.8, 4) is 12.3 Å². The fraction of sp³-hybridized carbons (Fsp3) is 0.529. The fourth-order valence-electron chi connectivity index (χ4n) is 2.75. The summed E-state index contributed by atoms with van der Waals surface area (Å²) in [6.07, 6.45) is 5.27. The molecular formula is C17H20O4. The van der Waals surface area contributed by atoms with E-state index < -0.39 is 11.9 Å². The lowest BCUT2D eigenvalue weighted by Gasteiger charge is -2.23. The van der Waals surface area contributed by atoms with Crippen LogP contribution in [0.5, 0.6) is 0 Å². The Balaban J connectivity index is 1.55. The molecule has 2 fully saturated rings. The maximum atomic E-state index is 5.85. The molecule has 0 saturated carbocycles. The van der Waals surface area contributed by atoms with Crippen LogP contribution >= 0.6 is 0 Å². The third-order valence-electron chi connectivity index (χ3n) is 3.69. The molecule has 0 unspecified atom stereocenters. The summed E-state index contributed by atoms with van der Waals surface area (Å²) < 4.78 is 23.1. The van der Waals surface area contributed by atoms with Crippen LogP contribution in [0, 0.1) is 12.3 Å². The van der Waals surface area contributed by atoms with Crippen LogP contribution in [-0.4, -0.2) is 30.4 Å². The standard InChI is InChI=1S/C17H20O4/c1-4-13(18-11-12-8-6-5-7-9-12)14-10-15-16(19-14)21-17(2,3)20-15/h1,5-9,13-16H,10-11H2,2-3H3/t13-,14-,15-,16-/m1/s1. The number of ether oxygens (including phenoxy) is 4. The molecule has 2 heterocycles. The average Bonchev–Trinajstić information content (AvgIpc) is 2.94. The molecule has 21 heavy (non-hydrogen) atoms. The van der Waals surface area contributed by atoms with Gasteiger partial charge in [0.2, 0.25) is 0 Å². The van der Waals surface area contributed by atoms with Gasteiger partial charge in [0.1, 0.15) is 18.3 Å². The fourth-order valence-corrected chi connectivity index (χ4v) is 2.75. The highest BCUT2D eigenvalue weighted by molar-refractivity contribution is 5.14. The molecule has 4 heteroatoms. The Morgan fingerprint density at radius 3 is 2.76 bits per heavy atom.